The van der Waals surface area contributed by atoms with Crippen LogP contribution in [0.4, 0.5) is 4.79 Å². The largest absolute Gasteiger partial charge is 0.481 e. The Kier molecular flexibility index (Phi) is 8.34. The fourth-order valence-electron chi connectivity index (χ4n) is 3.01. The molecule has 0 bridgehead atoms. The average Bonchev–Trinajstić information content (AvgIpc) is 2.67. The molecule has 3 amide bonds. The lowest BCUT2D eigenvalue weighted by Crippen LogP contribution is -2.51. The maximum Gasteiger partial charge on any atom is 0.408 e. The maximum atomic E-state index is 12.6. The first-order valence-corrected chi connectivity index (χ1v) is 10.4. The van der Waals surface area contributed by atoms with Crippen molar-refractivity contribution in [3.8, 4) is 5.75 Å². The zero-order valence-electron chi connectivity index (χ0n) is 17.9. The number of alkyl carbamates (subject to hydrolysis) is 1. The van der Waals surface area contributed by atoms with Gasteiger partial charge in [0, 0.05) is 24.2 Å². The number of piperidine rings is 1. The normalized spacial score (nSPS) is 15.8. The molecule has 1 aromatic rings. The summed E-state index contributed by atoms with van der Waals surface area (Å²) in [5.74, 6) is 0.200. The van der Waals surface area contributed by atoms with Gasteiger partial charge in [-0.25, -0.2) is 4.79 Å². The number of nitrogens with zero attached hydrogens (tertiary/aromatic N) is 1. The number of hydrogen-bond donors (Lipinski definition) is 2. The van der Waals surface area contributed by atoms with Crippen LogP contribution in [0.15, 0.2) is 24.3 Å². The minimum atomic E-state index is -0.632. The lowest BCUT2D eigenvalue weighted by Gasteiger charge is -2.33. The molecule has 2 rings (SSSR count). The molecule has 1 aromatic carbocycles. The number of amides is 3. The highest BCUT2D eigenvalue weighted by molar-refractivity contribution is 6.30. The second-order valence-corrected chi connectivity index (χ2v) is 8.67. The van der Waals surface area contributed by atoms with Crippen molar-refractivity contribution in [3.05, 3.63) is 29.3 Å². The Bertz CT molecular complexity index is 740. The van der Waals surface area contributed by atoms with E-state index >= 15 is 0 Å². The molecule has 1 aliphatic rings. The van der Waals surface area contributed by atoms with Crippen LogP contribution in [0.5, 0.6) is 5.75 Å². The fourth-order valence-corrected chi connectivity index (χ4v) is 3.14. The number of carbonyl (C=O) groups is 3. The van der Waals surface area contributed by atoms with Gasteiger partial charge >= 0.3 is 6.09 Å². The minimum absolute atomic E-state index is 0.0468. The van der Waals surface area contributed by atoms with Crippen LogP contribution in [0.2, 0.25) is 5.02 Å². The van der Waals surface area contributed by atoms with Crippen LogP contribution in [0.1, 0.15) is 40.5 Å². The lowest BCUT2D eigenvalue weighted by atomic mass is 10.0. The van der Waals surface area contributed by atoms with Gasteiger partial charge in [0.2, 0.25) is 5.91 Å². The number of hydrogen-bond acceptors (Lipinski definition) is 5. The topological polar surface area (TPSA) is 97.0 Å². The van der Waals surface area contributed by atoms with Crippen molar-refractivity contribution in [1.82, 2.24) is 15.5 Å². The molecular formula is C21H30ClN3O5. The molecular weight excluding hydrogens is 410 g/mol. The van der Waals surface area contributed by atoms with Crippen molar-refractivity contribution < 1.29 is 23.9 Å². The molecule has 1 atom stereocenters. The van der Waals surface area contributed by atoms with E-state index in [9.17, 15) is 14.4 Å². The molecule has 1 heterocycles. The van der Waals surface area contributed by atoms with Crippen molar-refractivity contribution in [3.63, 3.8) is 0 Å². The molecule has 1 aliphatic heterocycles. The molecule has 166 valence electrons. The summed E-state index contributed by atoms with van der Waals surface area (Å²) in [6.45, 7) is 7.87. The van der Waals surface area contributed by atoms with E-state index in [4.69, 9.17) is 21.1 Å². The number of likely N-dealkylation sites (tertiary alicyclic amines) is 1. The quantitative estimate of drug-likeness (QED) is 0.710. The van der Waals surface area contributed by atoms with Crippen LogP contribution in [0.25, 0.3) is 0 Å². The highest BCUT2D eigenvalue weighted by atomic mass is 35.5. The summed E-state index contributed by atoms with van der Waals surface area (Å²) in [4.78, 5) is 38.0. The van der Waals surface area contributed by atoms with Crippen molar-refractivity contribution in [2.75, 3.05) is 19.6 Å². The Labute approximate surface area is 182 Å². The van der Waals surface area contributed by atoms with E-state index in [-0.39, 0.29) is 24.4 Å². The van der Waals surface area contributed by atoms with E-state index in [0.717, 1.165) is 0 Å². The molecule has 0 aromatic heterocycles. The van der Waals surface area contributed by atoms with Crippen LogP contribution in [-0.2, 0) is 14.3 Å². The molecule has 0 aliphatic carbocycles. The summed E-state index contributed by atoms with van der Waals surface area (Å²) >= 11 is 5.86. The molecule has 1 unspecified atom stereocenters. The first-order chi connectivity index (χ1) is 14.0. The Morgan fingerprint density at radius 1 is 1.17 bits per heavy atom. The average molecular weight is 440 g/mol. The predicted molar refractivity (Wildman–Crippen MR) is 114 cm³/mol. The Balaban J connectivity index is 1.70. The number of nitrogens with one attached hydrogen (secondary N) is 2. The third kappa shape index (κ3) is 8.10. The summed E-state index contributed by atoms with van der Waals surface area (Å²) < 4.78 is 10.8. The Morgan fingerprint density at radius 2 is 1.77 bits per heavy atom. The predicted octanol–water partition coefficient (Wildman–Crippen LogP) is 2.74. The van der Waals surface area contributed by atoms with Gasteiger partial charge in [-0.15, -0.1) is 0 Å². The summed E-state index contributed by atoms with van der Waals surface area (Å²) in [6.07, 6.45) is 0.0258. The van der Waals surface area contributed by atoms with Crippen molar-refractivity contribution in [2.45, 2.75) is 58.3 Å². The first kappa shape index (κ1) is 23.8. The zero-order valence-corrected chi connectivity index (χ0v) is 18.6. The third-order valence-electron chi connectivity index (χ3n) is 4.44. The monoisotopic (exact) mass is 439 g/mol. The van der Waals surface area contributed by atoms with Crippen LogP contribution in [-0.4, -0.2) is 60.2 Å². The van der Waals surface area contributed by atoms with Gasteiger partial charge in [0.05, 0.1) is 0 Å². The van der Waals surface area contributed by atoms with Crippen LogP contribution < -0.4 is 15.4 Å². The SMILES string of the molecule is CC(Oc1ccc(Cl)cc1)C(=O)N1CCC(NC(=O)CNC(=O)OC(C)(C)C)CC1. The second-order valence-electron chi connectivity index (χ2n) is 8.24. The molecule has 0 spiro atoms. The van der Waals surface area contributed by atoms with E-state index in [0.29, 0.717) is 36.7 Å². The van der Waals surface area contributed by atoms with Gasteiger partial charge in [-0.3, -0.25) is 9.59 Å². The highest BCUT2D eigenvalue weighted by Crippen LogP contribution is 2.18. The van der Waals surface area contributed by atoms with Gasteiger partial charge in [0.1, 0.15) is 17.9 Å². The first-order valence-electron chi connectivity index (χ1n) is 10.0. The molecule has 1 fully saturated rings. The van der Waals surface area contributed by atoms with E-state index in [1.54, 1.807) is 56.9 Å². The van der Waals surface area contributed by atoms with Crippen LogP contribution in [0, 0.1) is 0 Å². The molecule has 30 heavy (non-hydrogen) atoms. The van der Waals surface area contributed by atoms with Gasteiger partial charge < -0.3 is 25.0 Å². The maximum absolute atomic E-state index is 12.6. The number of carbonyl (C=O) groups excluding carboxylic acids is 3. The fraction of sp³-hybridized carbons (Fsp3) is 0.571. The molecule has 1 saturated heterocycles. The van der Waals surface area contributed by atoms with Crippen molar-refractivity contribution >= 4 is 29.5 Å². The Morgan fingerprint density at radius 3 is 2.33 bits per heavy atom. The highest BCUT2D eigenvalue weighted by Gasteiger charge is 2.28. The van der Waals surface area contributed by atoms with E-state index in [2.05, 4.69) is 10.6 Å². The van der Waals surface area contributed by atoms with Crippen LogP contribution in [0.3, 0.4) is 0 Å². The summed E-state index contributed by atoms with van der Waals surface area (Å²) in [6, 6.07) is 6.81. The van der Waals surface area contributed by atoms with Crippen molar-refractivity contribution in [2.24, 2.45) is 0 Å². The van der Waals surface area contributed by atoms with Gasteiger partial charge in [0.15, 0.2) is 6.10 Å². The smallest absolute Gasteiger partial charge is 0.408 e. The number of ether oxygens (including phenoxy) is 2. The summed E-state index contributed by atoms with van der Waals surface area (Å²) in [7, 11) is 0. The van der Waals surface area contributed by atoms with E-state index in [1.165, 1.54) is 0 Å². The van der Waals surface area contributed by atoms with E-state index in [1.807, 2.05) is 0 Å². The molecule has 0 radical (unpaired) electrons. The number of rotatable bonds is 6. The van der Waals surface area contributed by atoms with Gasteiger partial charge in [0.25, 0.3) is 5.91 Å². The second kappa shape index (κ2) is 10.5. The molecule has 0 saturated carbocycles. The number of halogens is 1. The number of benzene rings is 1. The van der Waals surface area contributed by atoms with E-state index < -0.39 is 17.8 Å². The Hall–Kier alpha value is -2.48. The lowest BCUT2D eigenvalue weighted by molar-refractivity contribution is -0.139. The van der Waals surface area contributed by atoms with Crippen molar-refractivity contribution in [1.29, 1.82) is 0 Å². The molecule has 9 heteroatoms. The standard InChI is InChI=1S/C21H30ClN3O5/c1-14(29-17-7-5-15(22)6-8-17)19(27)25-11-9-16(10-12-25)24-18(26)13-23-20(28)30-21(2,3)4/h5-8,14,16H,9-13H2,1-4H3,(H,23,28)(H,24,26). The molecule has 2 N–H and O–H groups in total. The summed E-state index contributed by atoms with van der Waals surface area (Å²) in [5, 5.41) is 5.92. The van der Waals surface area contributed by atoms with Gasteiger partial charge in [-0.05, 0) is 64.8 Å². The van der Waals surface area contributed by atoms with Crippen LogP contribution >= 0.6 is 11.6 Å². The zero-order chi connectivity index (χ0) is 22.3. The minimum Gasteiger partial charge on any atom is -0.481 e. The molecule has 8 nitrogen and oxygen atoms in total. The van der Waals surface area contributed by atoms with Gasteiger partial charge in [-0.2, -0.15) is 0 Å². The third-order valence-corrected chi connectivity index (χ3v) is 4.69. The van der Waals surface area contributed by atoms with Gasteiger partial charge in [-0.1, -0.05) is 11.6 Å². The summed E-state index contributed by atoms with van der Waals surface area (Å²) in [5.41, 5.74) is -0.617.